The normalized spacial score (nSPS) is 11.9. The lowest BCUT2D eigenvalue weighted by molar-refractivity contribution is 0.355. The molecule has 0 unspecified atom stereocenters. The number of imidazole rings is 1. The van der Waals surface area contributed by atoms with Gasteiger partial charge in [0.05, 0.1) is 0 Å². The molecule has 1 aromatic heterocycles. The first-order valence-electron chi connectivity index (χ1n) is 5.35. The van der Waals surface area contributed by atoms with Crippen molar-refractivity contribution in [3.05, 3.63) is 43.0 Å². The van der Waals surface area contributed by atoms with Crippen LogP contribution in [0.1, 0.15) is 0 Å². The third kappa shape index (κ3) is 3.89. The molecule has 100 valence electrons. The highest BCUT2D eigenvalue weighted by atomic mass is 35.5. The lowest BCUT2D eigenvalue weighted by Crippen LogP contribution is -2.04. The van der Waals surface area contributed by atoms with Crippen LogP contribution in [0, 0.1) is 0 Å². The minimum atomic E-state index is -0.928. The zero-order chi connectivity index (χ0) is 13.7. The van der Waals surface area contributed by atoms with Crippen molar-refractivity contribution in [3.63, 3.8) is 0 Å². The van der Waals surface area contributed by atoms with Crippen molar-refractivity contribution in [2.45, 2.75) is 5.02 Å². The molecule has 0 atom stereocenters. The number of alkyl halides is 2. The van der Waals surface area contributed by atoms with Gasteiger partial charge in [-0.3, -0.25) is 4.57 Å². The van der Waals surface area contributed by atoms with E-state index in [9.17, 15) is 0 Å². The van der Waals surface area contributed by atoms with E-state index in [1.807, 2.05) is 35.2 Å². The summed E-state index contributed by atoms with van der Waals surface area (Å²) in [5.41, 5.74) is 0.659. The van der Waals surface area contributed by atoms with Crippen LogP contribution in [0.3, 0.4) is 0 Å². The van der Waals surface area contributed by atoms with Crippen molar-refractivity contribution < 1.29 is 4.74 Å². The van der Waals surface area contributed by atoms with Gasteiger partial charge in [-0.25, -0.2) is 9.98 Å². The molecule has 0 amide bonds. The number of aromatic nitrogens is 2. The number of thioether (sulfide) groups is 1. The fourth-order valence-electron chi connectivity index (χ4n) is 1.43. The molecule has 0 radical (unpaired) electrons. The SMILES string of the molecule is CSC(=Nc1ccccc1OC(Cl)Cl)n1ccnc1. The first kappa shape index (κ1) is 14.2. The fourth-order valence-corrected chi connectivity index (χ4v) is 2.13. The Balaban J connectivity index is 2.35. The predicted molar refractivity (Wildman–Crippen MR) is 80.8 cm³/mol. The zero-order valence-corrected chi connectivity index (χ0v) is 12.4. The molecule has 0 N–H and O–H groups in total. The van der Waals surface area contributed by atoms with Crippen molar-refractivity contribution in [2.24, 2.45) is 4.99 Å². The van der Waals surface area contributed by atoms with E-state index in [4.69, 9.17) is 27.9 Å². The van der Waals surface area contributed by atoms with Gasteiger partial charge < -0.3 is 4.74 Å². The quantitative estimate of drug-likeness (QED) is 0.489. The summed E-state index contributed by atoms with van der Waals surface area (Å²) < 4.78 is 7.12. The van der Waals surface area contributed by atoms with Gasteiger partial charge >= 0.3 is 0 Å². The Morgan fingerprint density at radius 1 is 1.42 bits per heavy atom. The number of halogens is 2. The van der Waals surface area contributed by atoms with Crippen LogP contribution in [0.25, 0.3) is 0 Å². The smallest absolute Gasteiger partial charge is 0.247 e. The van der Waals surface area contributed by atoms with Gasteiger partial charge in [-0.15, -0.1) is 0 Å². The van der Waals surface area contributed by atoms with E-state index in [0.717, 1.165) is 5.17 Å². The molecule has 7 heteroatoms. The Labute approximate surface area is 125 Å². The minimum Gasteiger partial charge on any atom is -0.458 e. The molecule has 2 aromatic rings. The standard InChI is InChI=1S/C12H11Cl2N3OS/c1-19-12(17-7-6-15-8-17)16-9-4-2-3-5-10(9)18-11(13)14/h2-8,11H,1H3. The molecule has 1 aromatic carbocycles. The number of ether oxygens (including phenoxy) is 1. The molecule has 2 rings (SSSR count). The maximum absolute atomic E-state index is 5.63. The van der Waals surface area contributed by atoms with E-state index >= 15 is 0 Å². The first-order valence-corrected chi connectivity index (χ1v) is 7.45. The topological polar surface area (TPSA) is 39.4 Å². The number of hydrogen-bond acceptors (Lipinski definition) is 4. The van der Waals surface area contributed by atoms with Gasteiger partial charge in [-0.2, -0.15) is 0 Å². The Morgan fingerprint density at radius 3 is 2.84 bits per heavy atom. The van der Waals surface area contributed by atoms with Crippen LogP contribution < -0.4 is 4.74 Å². The maximum atomic E-state index is 5.63. The molecule has 19 heavy (non-hydrogen) atoms. The molecule has 0 bridgehead atoms. The first-order chi connectivity index (χ1) is 9.20. The Kier molecular flexibility index (Phi) is 5.13. The van der Waals surface area contributed by atoms with Gasteiger partial charge in [0, 0.05) is 12.4 Å². The Morgan fingerprint density at radius 2 is 2.21 bits per heavy atom. The molecule has 0 saturated carbocycles. The number of aliphatic imine (C=N–C) groups is 1. The largest absolute Gasteiger partial charge is 0.458 e. The summed E-state index contributed by atoms with van der Waals surface area (Å²) in [6.45, 7) is 0. The summed E-state index contributed by atoms with van der Waals surface area (Å²) >= 11 is 12.8. The van der Waals surface area contributed by atoms with Gasteiger partial charge in [-0.1, -0.05) is 47.1 Å². The molecule has 0 aliphatic heterocycles. The van der Waals surface area contributed by atoms with E-state index in [1.165, 1.54) is 11.8 Å². The third-order valence-electron chi connectivity index (χ3n) is 2.21. The molecular weight excluding hydrogens is 305 g/mol. The van der Waals surface area contributed by atoms with Crippen molar-refractivity contribution in [1.29, 1.82) is 0 Å². The molecule has 0 aliphatic carbocycles. The van der Waals surface area contributed by atoms with E-state index in [2.05, 4.69) is 9.98 Å². The molecule has 1 heterocycles. The van der Waals surface area contributed by atoms with Crippen LogP contribution in [0.4, 0.5) is 5.69 Å². The number of nitrogens with zero attached hydrogens (tertiary/aromatic N) is 3. The molecule has 0 fully saturated rings. The van der Waals surface area contributed by atoms with Gasteiger partial charge in [0.2, 0.25) is 5.02 Å². The van der Waals surface area contributed by atoms with Crippen molar-refractivity contribution in [2.75, 3.05) is 6.26 Å². The van der Waals surface area contributed by atoms with Crippen molar-refractivity contribution >= 4 is 45.8 Å². The van der Waals surface area contributed by atoms with Crippen LogP contribution in [-0.4, -0.2) is 26.0 Å². The third-order valence-corrected chi connectivity index (χ3v) is 3.05. The lowest BCUT2D eigenvalue weighted by atomic mass is 10.3. The van der Waals surface area contributed by atoms with Crippen LogP contribution in [0.5, 0.6) is 5.75 Å². The van der Waals surface area contributed by atoms with Gasteiger partial charge in [-0.05, 0) is 18.4 Å². The second-order valence-electron chi connectivity index (χ2n) is 3.41. The molecule has 0 spiro atoms. The van der Waals surface area contributed by atoms with E-state index < -0.39 is 5.02 Å². The summed E-state index contributed by atoms with van der Waals surface area (Å²) in [7, 11) is 0. The van der Waals surface area contributed by atoms with Gasteiger partial charge in [0.15, 0.2) is 5.17 Å². The summed E-state index contributed by atoms with van der Waals surface area (Å²) in [6, 6.07) is 7.30. The monoisotopic (exact) mass is 315 g/mol. The number of para-hydroxylation sites is 2. The lowest BCUT2D eigenvalue weighted by Gasteiger charge is -2.10. The highest BCUT2D eigenvalue weighted by Gasteiger charge is 2.08. The van der Waals surface area contributed by atoms with Crippen LogP contribution >= 0.6 is 35.0 Å². The molecule has 4 nitrogen and oxygen atoms in total. The highest BCUT2D eigenvalue weighted by molar-refractivity contribution is 8.13. The zero-order valence-electron chi connectivity index (χ0n) is 10.0. The average molecular weight is 316 g/mol. The van der Waals surface area contributed by atoms with E-state index in [0.29, 0.717) is 11.4 Å². The van der Waals surface area contributed by atoms with Crippen LogP contribution in [0.15, 0.2) is 48.0 Å². The molecule has 0 saturated heterocycles. The number of benzene rings is 1. The fraction of sp³-hybridized carbons (Fsp3) is 0.167. The second-order valence-corrected chi connectivity index (χ2v) is 5.20. The van der Waals surface area contributed by atoms with Crippen LogP contribution in [0.2, 0.25) is 0 Å². The molecular formula is C12H11Cl2N3OS. The highest BCUT2D eigenvalue weighted by Crippen LogP contribution is 2.30. The molecule has 0 aliphatic rings. The second kappa shape index (κ2) is 6.84. The van der Waals surface area contributed by atoms with Crippen molar-refractivity contribution in [3.8, 4) is 5.75 Å². The van der Waals surface area contributed by atoms with E-state index in [1.54, 1.807) is 18.6 Å². The predicted octanol–water partition coefficient (Wildman–Crippen LogP) is 3.92. The average Bonchev–Trinajstić information content (AvgIpc) is 2.91. The Bertz CT molecular complexity index is 558. The van der Waals surface area contributed by atoms with Gasteiger partial charge in [0.25, 0.3) is 0 Å². The summed E-state index contributed by atoms with van der Waals surface area (Å²) in [4.78, 5) is 8.53. The van der Waals surface area contributed by atoms with Crippen molar-refractivity contribution in [1.82, 2.24) is 9.55 Å². The van der Waals surface area contributed by atoms with E-state index in [-0.39, 0.29) is 0 Å². The Hall–Kier alpha value is -1.17. The number of rotatable bonds is 3. The maximum Gasteiger partial charge on any atom is 0.247 e. The van der Waals surface area contributed by atoms with Crippen LogP contribution in [-0.2, 0) is 0 Å². The number of hydrogen-bond donors (Lipinski definition) is 0. The summed E-state index contributed by atoms with van der Waals surface area (Å²) in [5.74, 6) is 0.532. The van der Waals surface area contributed by atoms with Gasteiger partial charge in [0.1, 0.15) is 17.8 Å². The minimum absolute atomic E-state index is 0.532. The summed E-state index contributed by atoms with van der Waals surface area (Å²) in [6.07, 6.45) is 7.14. The summed E-state index contributed by atoms with van der Waals surface area (Å²) in [5, 5.41) is -0.156.